The van der Waals surface area contributed by atoms with Gasteiger partial charge in [0.05, 0.1) is 0 Å². The molecule has 2 aliphatic rings. The number of nitrogens with zero attached hydrogens (tertiary/aromatic N) is 1. The fraction of sp³-hybridized carbons (Fsp3) is 0.296. The molecule has 0 bridgehead atoms. The SMILES string of the molecule is CC(c1ccccc1)N1C[C@@H]2[C@H](C1)[C@H]2NC(=O)C(O)(c1ccccc1)c1ccccc1. The van der Waals surface area contributed by atoms with Crippen LogP contribution in [0.25, 0.3) is 0 Å². The summed E-state index contributed by atoms with van der Waals surface area (Å²) in [5.74, 6) is 0.559. The quantitative estimate of drug-likeness (QED) is 0.649. The number of benzene rings is 3. The van der Waals surface area contributed by atoms with E-state index in [1.807, 2.05) is 66.7 Å². The minimum absolute atomic E-state index is 0.130. The monoisotopic (exact) mass is 412 g/mol. The van der Waals surface area contributed by atoms with Crippen molar-refractivity contribution in [2.24, 2.45) is 11.8 Å². The van der Waals surface area contributed by atoms with Gasteiger partial charge in [-0.25, -0.2) is 0 Å². The molecule has 158 valence electrons. The molecule has 1 aliphatic heterocycles. The molecule has 31 heavy (non-hydrogen) atoms. The van der Waals surface area contributed by atoms with Gasteiger partial charge in [0, 0.05) is 25.2 Å². The summed E-state index contributed by atoms with van der Waals surface area (Å²) < 4.78 is 0. The second kappa shape index (κ2) is 7.95. The average molecular weight is 413 g/mol. The Morgan fingerprint density at radius 2 is 1.32 bits per heavy atom. The number of aliphatic hydroxyl groups is 1. The molecule has 1 saturated carbocycles. The Bertz CT molecular complexity index is 987. The van der Waals surface area contributed by atoms with Crippen molar-refractivity contribution in [2.45, 2.75) is 24.6 Å². The number of piperidine rings is 1. The predicted molar refractivity (Wildman–Crippen MR) is 121 cm³/mol. The number of hydrogen-bond acceptors (Lipinski definition) is 3. The summed E-state index contributed by atoms with van der Waals surface area (Å²) in [6, 6.07) is 29.5. The lowest BCUT2D eigenvalue weighted by Gasteiger charge is -2.30. The average Bonchev–Trinajstić information content (AvgIpc) is 3.26. The lowest BCUT2D eigenvalue weighted by molar-refractivity contribution is -0.137. The highest BCUT2D eigenvalue weighted by Crippen LogP contribution is 2.48. The number of carbonyl (C=O) groups excluding carboxylic acids is 1. The molecule has 1 unspecified atom stereocenters. The van der Waals surface area contributed by atoms with Crippen LogP contribution in [0.3, 0.4) is 0 Å². The number of fused-ring (bicyclic) bond motifs is 1. The van der Waals surface area contributed by atoms with Gasteiger partial charge < -0.3 is 10.4 Å². The van der Waals surface area contributed by atoms with Gasteiger partial charge in [0.2, 0.25) is 0 Å². The van der Waals surface area contributed by atoms with Crippen molar-refractivity contribution in [3.63, 3.8) is 0 Å². The Balaban J connectivity index is 1.29. The standard InChI is InChI=1S/C27H28N2O2/c1-19(20-11-5-2-6-12-20)29-17-23-24(18-29)25(23)28-26(30)27(31,21-13-7-3-8-14-21)22-15-9-4-10-16-22/h2-16,19,23-25,31H,17-18H2,1H3,(H,28,30)/t19?,23-,24+,25+. The summed E-state index contributed by atoms with van der Waals surface area (Å²) in [7, 11) is 0. The third-order valence-corrected chi connectivity index (χ3v) is 7.06. The molecular formula is C27H28N2O2. The molecule has 4 nitrogen and oxygen atoms in total. The van der Waals surface area contributed by atoms with Crippen LogP contribution < -0.4 is 5.32 Å². The van der Waals surface area contributed by atoms with E-state index in [1.54, 1.807) is 0 Å². The van der Waals surface area contributed by atoms with Crippen LogP contribution in [-0.2, 0) is 10.4 Å². The van der Waals surface area contributed by atoms with E-state index in [-0.39, 0.29) is 11.9 Å². The molecule has 1 amide bonds. The van der Waals surface area contributed by atoms with Gasteiger partial charge in [-0.05, 0) is 35.4 Å². The number of likely N-dealkylation sites (tertiary alicyclic amines) is 1. The van der Waals surface area contributed by atoms with Crippen molar-refractivity contribution >= 4 is 5.91 Å². The third kappa shape index (κ3) is 3.56. The maximum Gasteiger partial charge on any atom is 0.261 e. The summed E-state index contributed by atoms with van der Waals surface area (Å²) in [6.07, 6.45) is 0. The first-order chi connectivity index (χ1) is 15.1. The highest BCUT2D eigenvalue weighted by Gasteiger charge is 2.58. The first-order valence-corrected chi connectivity index (χ1v) is 11.0. The Hall–Kier alpha value is -2.95. The van der Waals surface area contributed by atoms with Gasteiger partial charge in [0.1, 0.15) is 0 Å². The highest BCUT2D eigenvalue weighted by atomic mass is 16.3. The van der Waals surface area contributed by atoms with Crippen molar-refractivity contribution in [1.29, 1.82) is 0 Å². The van der Waals surface area contributed by atoms with Gasteiger partial charge in [-0.3, -0.25) is 9.69 Å². The fourth-order valence-corrected chi connectivity index (χ4v) is 5.08. The fourth-order valence-electron chi connectivity index (χ4n) is 5.08. The van der Waals surface area contributed by atoms with E-state index in [2.05, 4.69) is 41.4 Å². The topological polar surface area (TPSA) is 52.6 Å². The number of nitrogens with one attached hydrogen (secondary N) is 1. The largest absolute Gasteiger partial charge is 0.372 e. The van der Waals surface area contributed by atoms with E-state index in [0.29, 0.717) is 29.0 Å². The maximum atomic E-state index is 13.4. The van der Waals surface area contributed by atoms with Crippen molar-refractivity contribution in [3.8, 4) is 0 Å². The van der Waals surface area contributed by atoms with E-state index in [0.717, 1.165) is 13.1 Å². The first kappa shape index (κ1) is 20.0. The molecule has 1 heterocycles. The van der Waals surface area contributed by atoms with Crippen molar-refractivity contribution in [2.75, 3.05) is 13.1 Å². The molecule has 1 saturated heterocycles. The lowest BCUT2D eigenvalue weighted by Crippen LogP contribution is -2.48. The molecule has 5 rings (SSSR count). The normalized spacial score (nSPS) is 23.7. The third-order valence-electron chi connectivity index (χ3n) is 7.06. The smallest absolute Gasteiger partial charge is 0.261 e. The van der Waals surface area contributed by atoms with Crippen LogP contribution >= 0.6 is 0 Å². The molecule has 4 heteroatoms. The van der Waals surface area contributed by atoms with Gasteiger partial charge in [-0.1, -0.05) is 91.0 Å². The summed E-state index contributed by atoms with van der Waals surface area (Å²) in [6.45, 7) is 4.19. The lowest BCUT2D eigenvalue weighted by atomic mass is 9.85. The zero-order valence-electron chi connectivity index (χ0n) is 17.7. The van der Waals surface area contributed by atoms with E-state index < -0.39 is 5.60 Å². The summed E-state index contributed by atoms with van der Waals surface area (Å²) in [4.78, 5) is 15.9. The Labute approximate surface area is 183 Å². The Kier molecular flexibility index (Phi) is 5.12. The van der Waals surface area contributed by atoms with Crippen LogP contribution in [0.15, 0.2) is 91.0 Å². The van der Waals surface area contributed by atoms with E-state index >= 15 is 0 Å². The predicted octanol–water partition coefficient (Wildman–Crippen LogP) is 3.73. The number of amides is 1. The zero-order valence-corrected chi connectivity index (χ0v) is 17.7. The number of rotatable bonds is 6. The van der Waals surface area contributed by atoms with Gasteiger partial charge >= 0.3 is 0 Å². The van der Waals surface area contributed by atoms with E-state index in [9.17, 15) is 9.90 Å². The van der Waals surface area contributed by atoms with Gasteiger partial charge in [-0.15, -0.1) is 0 Å². The molecule has 0 radical (unpaired) electrons. The van der Waals surface area contributed by atoms with Gasteiger partial charge in [0.25, 0.3) is 5.91 Å². The second-order valence-corrected chi connectivity index (χ2v) is 8.81. The van der Waals surface area contributed by atoms with Crippen LogP contribution in [0.2, 0.25) is 0 Å². The summed E-state index contributed by atoms with van der Waals surface area (Å²) in [5.41, 5.74) is 0.802. The van der Waals surface area contributed by atoms with Crippen LogP contribution in [0.4, 0.5) is 0 Å². The summed E-state index contributed by atoms with van der Waals surface area (Å²) >= 11 is 0. The molecule has 0 spiro atoms. The van der Waals surface area contributed by atoms with Crippen LogP contribution in [-0.4, -0.2) is 35.0 Å². The molecule has 2 fully saturated rings. The minimum atomic E-state index is -1.70. The molecule has 4 atom stereocenters. The van der Waals surface area contributed by atoms with Crippen LogP contribution in [0, 0.1) is 11.8 Å². The molecule has 1 aliphatic carbocycles. The molecular weight excluding hydrogens is 384 g/mol. The number of carbonyl (C=O) groups is 1. The first-order valence-electron chi connectivity index (χ1n) is 11.0. The van der Waals surface area contributed by atoms with Crippen molar-refractivity contribution in [1.82, 2.24) is 10.2 Å². The highest BCUT2D eigenvalue weighted by molar-refractivity contribution is 5.90. The maximum absolute atomic E-state index is 13.4. The zero-order chi connectivity index (χ0) is 21.4. The van der Waals surface area contributed by atoms with Crippen LogP contribution in [0.5, 0.6) is 0 Å². The molecule has 0 aromatic heterocycles. The van der Waals surface area contributed by atoms with Gasteiger partial charge in [0.15, 0.2) is 5.60 Å². The van der Waals surface area contributed by atoms with Crippen molar-refractivity contribution in [3.05, 3.63) is 108 Å². The minimum Gasteiger partial charge on any atom is -0.372 e. The second-order valence-electron chi connectivity index (χ2n) is 8.81. The van der Waals surface area contributed by atoms with Crippen molar-refractivity contribution < 1.29 is 9.90 Å². The van der Waals surface area contributed by atoms with Crippen LogP contribution in [0.1, 0.15) is 29.7 Å². The molecule has 3 aromatic rings. The Morgan fingerprint density at radius 3 is 1.81 bits per heavy atom. The number of hydrogen-bond donors (Lipinski definition) is 2. The van der Waals surface area contributed by atoms with Gasteiger partial charge in [-0.2, -0.15) is 0 Å². The molecule has 3 aromatic carbocycles. The molecule has 2 N–H and O–H groups in total. The van der Waals surface area contributed by atoms with E-state index in [4.69, 9.17) is 0 Å². The van der Waals surface area contributed by atoms with E-state index in [1.165, 1.54) is 5.56 Å². The summed E-state index contributed by atoms with van der Waals surface area (Å²) in [5, 5.41) is 14.8. The Morgan fingerprint density at radius 1 is 0.871 bits per heavy atom.